The molecule has 1 unspecified atom stereocenters. The van der Waals surface area contributed by atoms with Gasteiger partial charge in [0.1, 0.15) is 0 Å². The van der Waals surface area contributed by atoms with Crippen LogP contribution in [0.2, 0.25) is 0 Å². The van der Waals surface area contributed by atoms with Crippen LogP contribution >= 0.6 is 11.8 Å². The van der Waals surface area contributed by atoms with Crippen molar-refractivity contribution in [1.82, 2.24) is 14.5 Å². The number of hydrogen-bond acceptors (Lipinski definition) is 4. The molecule has 6 heteroatoms. The van der Waals surface area contributed by atoms with Crippen molar-refractivity contribution >= 4 is 17.5 Å². The summed E-state index contributed by atoms with van der Waals surface area (Å²) < 4.78 is 8.06. The largest absolute Gasteiger partial charge is 0.376 e. The second-order valence-corrected chi connectivity index (χ2v) is 8.18. The van der Waals surface area contributed by atoms with Crippen molar-refractivity contribution in [3.63, 3.8) is 0 Å². The van der Waals surface area contributed by atoms with Gasteiger partial charge >= 0.3 is 0 Å². The van der Waals surface area contributed by atoms with Gasteiger partial charge < -0.3 is 14.3 Å². The highest BCUT2D eigenvalue weighted by molar-refractivity contribution is 7.99. The number of aryl methyl sites for hydroxylation is 2. The van der Waals surface area contributed by atoms with Crippen molar-refractivity contribution in [3.05, 3.63) is 59.5 Å². The van der Waals surface area contributed by atoms with Gasteiger partial charge in [-0.05, 0) is 38.3 Å². The maximum absolute atomic E-state index is 12.7. The van der Waals surface area contributed by atoms with Crippen molar-refractivity contribution in [3.8, 4) is 11.3 Å². The number of rotatable bonds is 7. The number of imidazole rings is 1. The summed E-state index contributed by atoms with van der Waals surface area (Å²) in [6, 6.07) is 12.2. The van der Waals surface area contributed by atoms with Gasteiger partial charge in [-0.25, -0.2) is 4.98 Å². The lowest BCUT2D eigenvalue weighted by atomic mass is 10.1. The van der Waals surface area contributed by atoms with Crippen LogP contribution in [0, 0.1) is 13.8 Å². The minimum atomic E-state index is 0.125. The number of carbonyl (C=O) groups excluding carboxylic acids is 1. The highest BCUT2D eigenvalue weighted by Crippen LogP contribution is 2.29. The first-order valence-corrected chi connectivity index (χ1v) is 10.6. The van der Waals surface area contributed by atoms with E-state index in [0.717, 1.165) is 59.4 Å². The molecule has 1 aliphatic heterocycles. The molecule has 0 bridgehead atoms. The monoisotopic (exact) mass is 395 g/mol. The third-order valence-electron chi connectivity index (χ3n) is 5.08. The van der Waals surface area contributed by atoms with E-state index >= 15 is 0 Å². The summed E-state index contributed by atoms with van der Waals surface area (Å²) in [5, 5.41) is 0.868. The third-order valence-corrected chi connectivity index (χ3v) is 6.07. The molecule has 1 aromatic carbocycles. The van der Waals surface area contributed by atoms with Crippen molar-refractivity contribution in [1.29, 1.82) is 0 Å². The van der Waals surface area contributed by atoms with Crippen LogP contribution in [-0.2, 0) is 11.3 Å². The number of Topliss-reactive ketones (excluding diaryl/α,β-unsaturated/α-hetero) is 1. The number of ether oxygens (including phenoxy) is 1. The summed E-state index contributed by atoms with van der Waals surface area (Å²) in [5.41, 5.74) is 4.90. The molecular weight excluding hydrogens is 370 g/mol. The Morgan fingerprint density at radius 3 is 2.82 bits per heavy atom. The highest BCUT2D eigenvalue weighted by Gasteiger charge is 2.21. The topological polar surface area (TPSA) is 59.9 Å². The van der Waals surface area contributed by atoms with Crippen LogP contribution in [0.1, 0.15) is 34.6 Å². The van der Waals surface area contributed by atoms with Gasteiger partial charge in [-0.2, -0.15) is 0 Å². The van der Waals surface area contributed by atoms with Gasteiger partial charge in [0.2, 0.25) is 0 Å². The average molecular weight is 396 g/mol. The Labute approximate surface area is 169 Å². The molecule has 0 spiro atoms. The highest BCUT2D eigenvalue weighted by atomic mass is 32.2. The van der Waals surface area contributed by atoms with E-state index < -0.39 is 0 Å². The lowest BCUT2D eigenvalue weighted by Gasteiger charge is -2.16. The molecule has 1 N–H and O–H groups in total. The molecule has 0 radical (unpaired) electrons. The van der Waals surface area contributed by atoms with Crippen molar-refractivity contribution in [2.75, 3.05) is 12.4 Å². The van der Waals surface area contributed by atoms with Gasteiger partial charge in [0, 0.05) is 23.6 Å². The summed E-state index contributed by atoms with van der Waals surface area (Å²) in [4.78, 5) is 20.5. The van der Waals surface area contributed by atoms with Crippen LogP contribution < -0.4 is 0 Å². The first-order chi connectivity index (χ1) is 13.6. The van der Waals surface area contributed by atoms with Gasteiger partial charge in [-0.3, -0.25) is 4.79 Å². The molecule has 3 heterocycles. The molecule has 28 heavy (non-hydrogen) atoms. The SMILES string of the molecule is Cc1cc(C(=O)CSc2ncc(-c3ccccc3)n2CC2CCCO2)c(C)[nH]1. The van der Waals surface area contributed by atoms with Crippen LogP contribution in [0.15, 0.2) is 47.8 Å². The van der Waals surface area contributed by atoms with Crippen LogP contribution in [0.3, 0.4) is 0 Å². The third kappa shape index (κ3) is 4.08. The molecule has 0 aliphatic carbocycles. The second-order valence-electron chi connectivity index (χ2n) is 7.24. The number of H-pyrrole nitrogens is 1. The van der Waals surface area contributed by atoms with E-state index in [2.05, 4.69) is 26.7 Å². The number of benzene rings is 1. The first kappa shape index (κ1) is 19.0. The van der Waals surface area contributed by atoms with Crippen LogP contribution in [0.4, 0.5) is 0 Å². The summed E-state index contributed by atoms with van der Waals surface area (Å²) in [6.45, 7) is 5.50. The molecule has 1 aliphatic rings. The molecule has 4 rings (SSSR count). The van der Waals surface area contributed by atoms with Crippen LogP contribution in [-0.4, -0.2) is 38.8 Å². The van der Waals surface area contributed by atoms with Crippen LogP contribution in [0.5, 0.6) is 0 Å². The predicted octanol–water partition coefficient (Wildman–Crippen LogP) is 4.65. The van der Waals surface area contributed by atoms with E-state index in [9.17, 15) is 4.79 Å². The minimum absolute atomic E-state index is 0.125. The molecule has 1 saturated heterocycles. The summed E-state index contributed by atoms with van der Waals surface area (Å²) in [6.07, 6.45) is 4.29. The van der Waals surface area contributed by atoms with E-state index in [1.165, 1.54) is 11.8 Å². The fraction of sp³-hybridized carbons (Fsp3) is 0.364. The average Bonchev–Trinajstić information content (AvgIpc) is 3.42. The van der Waals surface area contributed by atoms with Gasteiger partial charge in [-0.1, -0.05) is 42.1 Å². The Morgan fingerprint density at radius 2 is 2.14 bits per heavy atom. The zero-order chi connectivity index (χ0) is 19.5. The number of carbonyl (C=O) groups is 1. The molecule has 1 fully saturated rings. The van der Waals surface area contributed by atoms with Crippen molar-refractivity contribution in [2.24, 2.45) is 0 Å². The van der Waals surface area contributed by atoms with Gasteiger partial charge in [0.25, 0.3) is 0 Å². The maximum Gasteiger partial charge on any atom is 0.174 e. The minimum Gasteiger partial charge on any atom is -0.376 e. The number of hydrogen-bond donors (Lipinski definition) is 1. The number of aromatic nitrogens is 3. The number of ketones is 1. The quantitative estimate of drug-likeness (QED) is 0.467. The molecular formula is C22H25N3O2S. The van der Waals surface area contributed by atoms with Gasteiger partial charge in [-0.15, -0.1) is 0 Å². The molecule has 0 saturated carbocycles. The van der Waals surface area contributed by atoms with Gasteiger partial charge in [0.15, 0.2) is 10.9 Å². The first-order valence-electron chi connectivity index (χ1n) is 9.66. The zero-order valence-corrected chi connectivity index (χ0v) is 17.1. The zero-order valence-electron chi connectivity index (χ0n) is 16.3. The summed E-state index contributed by atoms with van der Waals surface area (Å²) in [5.74, 6) is 0.495. The summed E-state index contributed by atoms with van der Waals surface area (Å²) in [7, 11) is 0. The van der Waals surface area contributed by atoms with E-state index in [4.69, 9.17) is 4.74 Å². The number of aromatic amines is 1. The standard InChI is InChI=1S/C22H25N3O2S/c1-15-11-19(16(2)24-15)21(26)14-28-22-23-12-20(17-7-4-3-5-8-17)25(22)13-18-9-6-10-27-18/h3-5,7-8,11-12,18,24H,6,9-10,13-14H2,1-2H3. The van der Waals surface area contributed by atoms with E-state index in [0.29, 0.717) is 5.75 Å². The Kier molecular flexibility index (Phi) is 5.69. The molecule has 1 atom stereocenters. The van der Waals surface area contributed by atoms with Gasteiger partial charge in [0.05, 0.1) is 30.3 Å². The lowest BCUT2D eigenvalue weighted by molar-refractivity contribution is 0.0954. The van der Waals surface area contributed by atoms with E-state index in [-0.39, 0.29) is 11.9 Å². The number of thioether (sulfide) groups is 1. The molecule has 146 valence electrons. The maximum atomic E-state index is 12.7. The molecule has 0 amide bonds. The Balaban J connectivity index is 1.56. The molecule has 5 nitrogen and oxygen atoms in total. The number of nitrogens with zero attached hydrogens (tertiary/aromatic N) is 2. The fourth-order valence-electron chi connectivity index (χ4n) is 3.70. The normalized spacial score (nSPS) is 16.6. The second kappa shape index (κ2) is 8.37. The Morgan fingerprint density at radius 1 is 1.32 bits per heavy atom. The fourth-order valence-corrected chi connectivity index (χ4v) is 4.57. The van der Waals surface area contributed by atoms with Crippen molar-refractivity contribution < 1.29 is 9.53 Å². The van der Waals surface area contributed by atoms with Crippen molar-refractivity contribution in [2.45, 2.75) is 44.5 Å². The van der Waals surface area contributed by atoms with Crippen LogP contribution in [0.25, 0.3) is 11.3 Å². The predicted molar refractivity (Wildman–Crippen MR) is 112 cm³/mol. The van der Waals surface area contributed by atoms with E-state index in [1.807, 2.05) is 44.3 Å². The smallest absolute Gasteiger partial charge is 0.174 e. The Hall–Kier alpha value is -2.31. The van der Waals surface area contributed by atoms with E-state index in [1.54, 1.807) is 0 Å². The molecule has 3 aromatic rings. The lowest BCUT2D eigenvalue weighted by Crippen LogP contribution is -2.17. The number of nitrogens with one attached hydrogen (secondary N) is 1. The summed E-state index contributed by atoms with van der Waals surface area (Å²) >= 11 is 1.50. The molecule has 2 aromatic heterocycles. The Bertz CT molecular complexity index is 956.